The zero-order valence-corrected chi connectivity index (χ0v) is 10.7. The summed E-state index contributed by atoms with van der Waals surface area (Å²) >= 11 is 4.86. The van der Waals surface area contributed by atoms with Crippen molar-refractivity contribution in [2.45, 2.75) is 17.1 Å². The zero-order valence-electron chi connectivity index (χ0n) is 8.31. The van der Waals surface area contributed by atoms with E-state index < -0.39 is 0 Å². The topological polar surface area (TPSA) is 43.6 Å². The molecule has 0 fully saturated rings. The first-order chi connectivity index (χ1) is 7.15. The molecule has 2 aromatic heterocycles. The van der Waals surface area contributed by atoms with E-state index in [2.05, 4.69) is 30.9 Å². The minimum Gasteiger partial charge on any atom is -0.329 e. The molecule has 0 N–H and O–H groups in total. The Labute approximate surface area is 100 Å². The SMILES string of the molecule is Cc1nc(Br)cc(Sc2nccn2C)n1. The second-order valence-electron chi connectivity index (χ2n) is 3.00. The highest BCUT2D eigenvalue weighted by Gasteiger charge is 2.05. The Morgan fingerprint density at radius 2 is 2.20 bits per heavy atom. The van der Waals surface area contributed by atoms with Crippen molar-refractivity contribution in [3.63, 3.8) is 0 Å². The molecular formula is C9H9BrN4S. The van der Waals surface area contributed by atoms with Crippen LogP contribution in [0.3, 0.4) is 0 Å². The van der Waals surface area contributed by atoms with Gasteiger partial charge in [0.2, 0.25) is 0 Å². The average molecular weight is 285 g/mol. The van der Waals surface area contributed by atoms with Crippen molar-refractivity contribution in [2.75, 3.05) is 0 Å². The summed E-state index contributed by atoms with van der Waals surface area (Å²) < 4.78 is 2.75. The molecule has 0 bridgehead atoms. The standard InChI is InChI=1S/C9H9BrN4S/c1-6-12-7(10)5-8(13-6)15-9-11-3-4-14(9)2/h3-5H,1-2H3. The Balaban J connectivity index is 2.28. The lowest BCUT2D eigenvalue weighted by Crippen LogP contribution is -1.93. The number of halogens is 1. The Bertz CT molecular complexity index is 462. The number of nitrogens with zero attached hydrogens (tertiary/aromatic N) is 4. The fourth-order valence-corrected chi connectivity index (χ4v) is 2.58. The highest BCUT2D eigenvalue weighted by Crippen LogP contribution is 2.25. The summed E-state index contributed by atoms with van der Waals surface area (Å²) in [5, 5.41) is 1.81. The van der Waals surface area contributed by atoms with Crippen molar-refractivity contribution in [2.24, 2.45) is 7.05 Å². The van der Waals surface area contributed by atoms with Crippen molar-refractivity contribution in [3.05, 3.63) is 28.9 Å². The van der Waals surface area contributed by atoms with Crippen LogP contribution < -0.4 is 0 Å². The Hall–Kier alpha value is -0.880. The third-order valence-corrected chi connectivity index (χ3v) is 3.16. The van der Waals surface area contributed by atoms with Crippen LogP contribution in [0.15, 0.2) is 33.2 Å². The molecule has 78 valence electrons. The van der Waals surface area contributed by atoms with E-state index in [0.29, 0.717) is 0 Å². The maximum atomic E-state index is 4.32. The molecule has 0 atom stereocenters. The molecule has 15 heavy (non-hydrogen) atoms. The lowest BCUT2D eigenvalue weighted by Gasteiger charge is -2.02. The van der Waals surface area contributed by atoms with Crippen LogP contribution in [-0.4, -0.2) is 19.5 Å². The molecule has 0 aliphatic carbocycles. The van der Waals surface area contributed by atoms with Gasteiger partial charge in [-0.05, 0) is 34.6 Å². The van der Waals surface area contributed by atoms with Crippen LogP contribution >= 0.6 is 27.7 Å². The largest absolute Gasteiger partial charge is 0.329 e. The molecule has 2 rings (SSSR count). The average Bonchev–Trinajstić information content (AvgIpc) is 2.50. The van der Waals surface area contributed by atoms with E-state index in [4.69, 9.17) is 0 Å². The second-order valence-corrected chi connectivity index (χ2v) is 4.80. The molecule has 0 spiro atoms. The molecular weight excluding hydrogens is 276 g/mol. The van der Waals surface area contributed by atoms with Crippen LogP contribution in [0.25, 0.3) is 0 Å². The second kappa shape index (κ2) is 4.32. The number of rotatable bonds is 2. The minimum absolute atomic E-state index is 0.751. The Kier molecular flexibility index (Phi) is 3.06. The normalized spacial score (nSPS) is 10.6. The van der Waals surface area contributed by atoms with E-state index in [1.54, 1.807) is 6.20 Å². The van der Waals surface area contributed by atoms with Gasteiger partial charge >= 0.3 is 0 Å². The van der Waals surface area contributed by atoms with Gasteiger partial charge in [0.25, 0.3) is 0 Å². The predicted molar refractivity (Wildman–Crippen MR) is 61.8 cm³/mol. The van der Waals surface area contributed by atoms with Gasteiger partial charge in [0.15, 0.2) is 5.16 Å². The van der Waals surface area contributed by atoms with Gasteiger partial charge in [-0.3, -0.25) is 0 Å². The van der Waals surface area contributed by atoms with E-state index in [1.807, 2.05) is 30.8 Å². The number of hydrogen-bond acceptors (Lipinski definition) is 4. The molecule has 0 amide bonds. The summed E-state index contributed by atoms with van der Waals surface area (Å²) in [7, 11) is 1.96. The molecule has 6 heteroatoms. The van der Waals surface area contributed by atoms with Crippen LogP contribution in [0.4, 0.5) is 0 Å². The highest BCUT2D eigenvalue weighted by molar-refractivity contribution is 9.10. The van der Waals surface area contributed by atoms with Crippen LogP contribution in [0.1, 0.15) is 5.82 Å². The van der Waals surface area contributed by atoms with Gasteiger partial charge in [-0.15, -0.1) is 0 Å². The molecule has 0 unspecified atom stereocenters. The first-order valence-electron chi connectivity index (χ1n) is 4.31. The summed E-state index contributed by atoms with van der Waals surface area (Å²) in [6, 6.07) is 1.88. The summed E-state index contributed by atoms with van der Waals surface area (Å²) in [6.45, 7) is 1.87. The van der Waals surface area contributed by atoms with Crippen LogP contribution in [0.2, 0.25) is 0 Å². The number of hydrogen-bond donors (Lipinski definition) is 0. The first kappa shape index (κ1) is 10.6. The van der Waals surface area contributed by atoms with E-state index in [-0.39, 0.29) is 0 Å². The molecule has 0 saturated heterocycles. The molecule has 4 nitrogen and oxygen atoms in total. The summed E-state index contributed by atoms with van der Waals surface area (Å²) in [5.74, 6) is 0.751. The summed E-state index contributed by atoms with van der Waals surface area (Å²) in [5.41, 5.74) is 0. The van der Waals surface area contributed by atoms with Crippen molar-refractivity contribution >= 4 is 27.7 Å². The zero-order chi connectivity index (χ0) is 10.8. The molecule has 2 aromatic rings. The van der Waals surface area contributed by atoms with Crippen LogP contribution in [-0.2, 0) is 7.05 Å². The van der Waals surface area contributed by atoms with Gasteiger partial charge < -0.3 is 4.57 Å². The van der Waals surface area contributed by atoms with Crippen molar-refractivity contribution < 1.29 is 0 Å². The quantitative estimate of drug-likeness (QED) is 0.795. The molecule has 2 heterocycles. The molecule has 0 aliphatic rings. The maximum Gasteiger partial charge on any atom is 0.174 e. The lowest BCUT2D eigenvalue weighted by atomic mass is 10.6. The molecule has 0 aromatic carbocycles. The third kappa shape index (κ3) is 2.57. The van der Waals surface area contributed by atoms with E-state index >= 15 is 0 Å². The highest BCUT2D eigenvalue weighted by atomic mass is 79.9. The van der Waals surface area contributed by atoms with Gasteiger partial charge in [-0.1, -0.05) is 0 Å². The van der Waals surface area contributed by atoms with Gasteiger partial charge in [0, 0.05) is 25.5 Å². The van der Waals surface area contributed by atoms with Gasteiger partial charge in [0.05, 0.1) is 0 Å². The smallest absolute Gasteiger partial charge is 0.174 e. The molecule has 0 saturated carbocycles. The minimum atomic E-state index is 0.751. The predicted octanol–water partition coefficient (Wildman–Crippen LogP) is 2.43. The Morgan fingerprint density at radius 3 is 2.80 bits per heavy atom. The van der Waals surface area contributed by atoms with Crippen molar-refractivity contribution in [1.29, 1.82) is 0 Å². The van der Waals surface area contributed by atoms with Crippen LogP contribution in [0, 0.1) is 6.92 Å². The van der Waals surface area contributed by atoms with Crippen molar-refractivity contribution in [1.82, 2.24) is 19.5 Å². The van der Waals surface area contributed by atoms with Gasteiger partial charge in [0.1, 0.15) is 15.5 Å². The maximum absolute atomic E-state index is 4.32. The van der Waals surface area contributed by atoms with Gasteiger partial charge in [-0.2, -0.15) is 0 Å². The Morgan fingerprint density at radius 1 is 1.40 bits per heavy atom. The van der Waals surface area contributed by atoms with E-state index in [1.165, 1.54) is 11.8 Å². The lowest BCUT2D eigenvalue weighted by molar-refractivity contribution is 0.787. The summed E-state index contributed by atoms with van der Waals surface area (Å²) in [6.07, 6.45) is 3.68. The first-order valence-corrected chi connectivity index (χ1v) is 5.92. The van der Waals surface area contributed by atoms with Crippen LogP contribution in [0.5, 0.6) is 0 Å². The van der Waals surface area contributed by atoms with E-state index in [0.717, 1.165) is 20.6 Å². The number of imidazole rings is 1. The fourth-order valence-electron chi connectivity index (χ4n) is 1.10. The summed E-state index contributed by atoms with van der Waals surface area (Å²) in [4.78, 5) is 12.7. The van der Waals surface area contributed by atoms with E-state index in [9.17, 15) is 0 Å². The molecule has 0 aliphatic heterocycles. The number of aryl methyl sites for hydroxylation is 2. The van der Waals surface area contributed by atoms with Gasteiger partial charge in [-0.25, -0.2) is 15.0 Å². The monoisotopic (exact) mass is 284 g/mol. The number of aromatic nitrogens is 4. The third-order valence-electron chi connectivity index (χ3n) is 1.76. The van der Waals surface area contributed by atoms with Crippen molar-refractivity contribution in [3.8, 4) is 0 Å². The fraction of sp³-hybridized carbons (Fsp3) is 0.222. The molecule has 0 radical (unpaired) electrons.